The largest absolute Gasteiger partial charge is 0.317 e. The highest BCUT2D eigenvalue weighted by molar-refractivity contribution is 4.99. The van der Waals surface area contributed by atoms with Crippen LogP contribution in [-0.2, 0) is 0 Å². The van der Waals surface area contributed by atoms with Gasteiger partial charge < -0.3 is 5.32 Å². The molecular weight excluding hydrogens is 208 g/mol. The van der Waals surface area contributed by atoms with Crippen molar-refractivity contribution in [1.29, 1.82) is 0 Å². The quantitative estimate of drug-likeness (QED) is 0.792. The van der Waals surface area contributed by atoms with E-state index in [-0.39, 0.29) is 0 Å². The van der Waals surface area contributed by atoms with Crippen molar-refractivity contribution < 1.29 is 0 Å². The second kappa shape index (κ2) is 4.55. The highest BCUT2D eigenvalue weighted by Crippen LogP contribution is 2.48. The van der Waals surface area contributed by atoms with Crippen LogP contribution in [0.4, 0.5) is 0 Å². The topological polar surface area (TPSA) is 15.3 Å². The zero-order chi connectivity index (χ0) is 12.0. The Hall–Kier alpha value is -0.0800. The molecule has 0 aromatic carbocycles. The first-order chi connectivity index (χ1) is 8.20. The van der Waals surface area contributed by atoms with Crippen molar-refractivity contribution in [1.82, 2.24) is 10.2 Å². The molecule has 3 aliphatic rings. The summed E-state index contributed by atoms with van der Waals surface area (Å²) in [7, 11) is 2.13. The van der Waals surface area contributed by atoms with Crippen molar-refractivity contribution in [2.45, 2.75) is 64.1 Å². The number of nitrogens with zero attached hydrogens (tertiary/aromatic N) is 1. The lowest BCUT2D eigenvalue weighted by Crippen LogP contribution is -2.56. The Bertz CT molecular complexity index is 278. The maximum Gasteiger partial charge on any atom is 0.0129 e. The molecule has 0 aromatic heterocycles. The Kier molecular flexibility index (Phi) is 3.20. The van der Waals surface area contributed by atoms with E-state index in [9.17, 15) is 0 Å². The number of piperidine rings is 1. The van der Waals surface area contributed by atoms with E-state index in [0.29, 0.717) is 0 Å². The third kappa shape index (κ3) is 1.94. The zero-order valence-electron chi connectivity index (χ0n) is 11.7. The predicted molar refractivity (Wildman–Crippen MR) is 72.0 cm³/mol. The molecule has 0 spiro atoms. The van der Waals surface area contributed by atoms with Gasteiger partial charge in [0.15, 0.2) is 0 Å². The molecule has 0 radical (unpaired) electrons. The van der Waals surface area contributed by atoms with Gasteiger partial charge >= 0.3 is 0 Å². The monoisotopic (exact) mass is 236 g/mol. The van der Waals surface area contributed by atoms with Crippen LogP contribution in [0.5, 0.6) is 0 Å². The second-order valence-electron chi connectivity index (χ2n) is 6.76. The average Bonchev–Trinajstić information content (AvgIpc) is 2.94. The first-order valence-electron chi connectivity index (χ1n) is 7.63. The molecule has 98 valence electrons. The van der Waals surface area contributed by atoms with Gasteiger partial charge in [0.2, 0.25) is 0 Å². The lowest BCUT2D eigenvalue weighted by molar-refractivity contribution is 0.0266. The van der Waals surface area contributed by atoms with Crippen LogP contribution in [0.3, 0.4) is 0 Å². The summed E-state index contributed by atoms with van der Waals surface area (Å²) >= 11 is 0. The molecule has 6 unspecified atom stereocenters. The van der Waals surface area contributed by atoms with Gasteiger partial charge in [-0.3, -0.25) is 4.90 Å². The molecule has 1 saturated heterocycles. The van der Waals surface area contributed by atoms with E-state index in [4.69, 9.17) is 0 Å². The van der Waals surface area contributed by atoms with Crippen LogP contribution in [0.25, 0.3) is 0 Å². The van der Waals surface area contributed by atoms with Crippen molar-refractivity contribution in [3.8, 4) is 0 Å². The Morgan fingerprint density at radius 1 is 1.06 bits per heavy atom. The summed E-state index contributed by atoms with van der Waals surface area (Å²) in [4.78, 5) is 2.86. The summed E-state index contributed by atoms with van der Waals surface area (Å²) in [5.74, 6) is 2.92. The first-order valence-corrected chi connectivity index (χ1v) is 7.63. The summed E-state index contributed by atoms with van der Waals surface area (Å²) in [6.45, 7) is 6.22. The fraction of sp³-hybridized carbons (Fsp3) is 1.00. The molecule has 2 aliphatic carbocycles. The third-order valence-corrected chi connectivity index (χ3v) is 6.11. The van der Waals surface area contributed by atoms with Crippen LogP contribution in [0.2, 0.25) is 0 Å². The number of hydrogen-bond donors (Lipinski definition) is 1. The summed E-state index contributed by atoms with van der Waals surface area (Å²) in [5.41, 5.74) is 0. The third-order valence-electron chi connectivity index (χ3n) is 6.11. The van der Waals surface area contributed by atoms with E-state index in [1.807, 2.05) is 0 Å². The standard InChI is InChI=1S/C15H28N2/c1-10-11(2)17(7-6-14(10)16-3)15-9-12-4-5-13(15)8-12/h10-16H,4-9H2,1-3H3. The van der Waals surface area contributed by atoms with E-state index >= 15 is 0 Å². The van der Waals surface area contributed by atoms with Gasteiger partial charge in [-0.2, -0.15) is 0 Å². The minimum Gasteiger partial charge on any atom is -0.317 e. The Morgan fingerprint density at radius 3 is 2.47 bits per heavy atom. The summed E-state index contributed by atoms with van der Waals surface area (Å²) in [5, 5.41) is 3.50. The van der Waals surface area contributed by atoms with Crippen molar-refractivity contribution in [3.63, 3.8) is 0 Å². The summed E-state index contributed by atoms with van der Waals surface area (Å²) < 4.78 is 0. The van der Waals surface area contributed by atoms with Crippen molar-refractivity contribution in [2.75, 3.05) is 13.6 Å². The van der Waals surface area contributed by atoms with Gasteiger partial charge in [-0.1, -0.05) is 13.3 Å². The highest BCUT2D eigenvalue weighted by atomic mass is 15.2. The van der Waals surface area contributed by atoms with E-state index in [0.717, 1.165) is 35.9 Å². The van der Waals surface area contributed by atoms with Gasteiger partial charge in [0.05, 0.1) is 0 Å². The molecule has 3 rings (SSSR count). The lowest BCUT2D eigenvalue weighted by atomic mass is 9.83. The van der Waals surface area contributed by atoms with Crippen LogP contribution in [0.15, 0.2) is 0 Å². The van der Waals surface area contributed by atoms with Crippen LogP contribution < -0.4 is 5.32 Å². The Balaban J connectivity index is 1.68. The lowest BCUT2D eigenvalue weighted by Gasteiger charge is -2.47. The molecule has 0 amide bonds. The number of hydrogen-bond acceptors (Lipinski definition) is 2. The van der Waals surface area contributed by atoms with E-state index < -0.39 is 0 Å². The van der Waals surface area contributed by atoms with Crippen molar-refractivity contribution in [3.05, 3.63) is 0 Å². The highest BCUT2D eigenvalue weighted by Gasteiger charge is 2.45. The maximum atomic E-state index is 3.50. The molecule has 6 atom stereocenters. The molecule has 3 fully saturated rings. The summed E-state index contributed by atoms with van der Waals surface area (Å²) in [6, 6.07) is 2.44. The maximum absolute atomic E-state index is 3.50. The molecule has 2 bridgehead atoms. The van der Waals surface area contributed by atoms with E-state index in [2.05, 4.69) is 31.1 Å². The molecule has 1 aliphatic heterocycles. The smallest absolute Gasteiger partial charge is 0.0129 e. The SMILES string of the molecule is CNC1CCN(C2CC3CCC2C3)C(C)C1C. The fourth-order valence-electron chi connectivity index (χ4n) is 4.89. The molecule has 2 saturated carbocycles. The average molecular weight is 236 g/mol. The molecule has 17 heavy (non-hydrogen) atoms. The normalized spacial score (nSPS) is 51.0. The Labute approximate surface area is 106 Å². The van der Waals surface area contributed by atoms with Crippen LogP contribution in [-0.4, -0.2) is 36.6 Å². The number of fused-ring (bicyclic) bond motifs is 2. The van der Waals surface area contributed by atoms with Crippen molar-refractivity contribution in [2.24, 2.45) is 17.8 Å². The molecule has 1 N–H and O–H groups in total. The number of nitrogens with one attached hydrogen (secondary N) is 1. The molecule has 2 heteroatoms. The molecular formula is C15H28N2. The number of rotatable bonds is 2. The zero-order valence-corrected chi connectivity index (χ0v) is 11.7. The van der Waals surface area contributed by atoms with Gasteiger partial charge in [0, 0.05) is 24.7 Å². The van der Waals surface area contributed by atoms with E-state index in [1.165, 1.54) is 38.6 Å². The van der Waals surface area contributed by atoms with Gasteiger partial charge in [0.25, 0.3) is 0 Å². The fourth-order valence-corrected chi connectivity index (χ4v) is 4.89. The van der Waals surface area contributed by atoms with E-state index in [1.54, 1.807) is 0 Å². The molecule has 2 nitrogen and oxygen atoms in total. The van der Waals surface area contributed by atoms with Gasteiger partial charge in [0.1, 0.15) is 0 Å². The molecule has 0 aromatic rings. The van der Waals surface area contributed by atoms with Gasteiger partial charge in [-0.05, 0) is 57.4 Å². The van der Waals surface area contributed by atoms with Crippen molar-refractivity contribution >= 4 is 0 Å². The number of likely N-dealkylation sites (tertiary alicyclic amines) is 1. The minimum atomic E-state index is 0.736. The minimum absolute atomic E-state index is 0.736. The second-order valence-corrected chi connectivity index (χ2v) is 6.76. The summed E-state index contributed by atoms with van der Waals surface area (Å²) in [6.07, 6.45) is 7.43. The van der Waals surface area contributed by atoms with Crippen LogP contribution in [0.1, 0.15) is 46.0 Å². The van der Waals surface area contributed by atoms with Gasteiger partial charge in [-0.15, -0.1) is 0 Å². The predicted octanol–water partition coefficient (Wildman–Crippen LogP) is 2.49. The van der Waals surface area contributed by atoms with Gasteiger partial charge in [-0.25, -0.2) is 0 Å². The Morgan fingerprint density at radius 2 is 1.88 bits per heavy atom. The van der Waals surface area contributed by atoms with Crippen LogP contribution >= 0.6 is 0 Å². The first kappa shape index (κ1) is 12.0. The van der Waals surface area contributed by atoms with Crippen LogP contribution in [0, 0.1) is 17.8 Å². The molecule has 1 heterocycles.